The van der Waals surface area contributed by atoms with Gasteiger partial charge in [0.25, 0.3) is 5.91 Å². The van der Waals surface area contributed by atoms with Crippen molar-refractivity contribution in [1.29, 1.82) is 0 Å². The van der Waals surface area contributed by atoms with Crippen molar-refractivity contribution in [2.75, 3.05) is 5.32 Å². The molecule has 3 nitrogen and oxygen atoms in total. The molecule has 0 bridgehead atoms. The van der Waals surface area contributed by atoms with Crippen LogP contribution in [0.4, 0.5) is 9.52 Å². The highest BCUT2D eigenvalue weighted by Crippen LogP contribution is 2.40. The van der Waals surface area contributed by atoms with E-state index in [2.05, 4.69) is 10.3 Å². The fourth-order valence-corrected chi connectivity index (χ4v) is 2.82. The number of aromatic nitrogens is 1. The highest BCUT2D eigenvalue weighted by atomic mass is 35.5. The van der Waals surface area contributed by atoms with Crippen molar-refractivity contribution in [3.05, 3.63) is 45.7 Å². The maximum atomic E-state index is 13.6. The van der Waals surface area contributed by atoms with Crippen LogP contribution < -0.4 is 5.32 Å². The van der Waals surface area contributed by atoms with Crippen molar-refractivity contribution in [2.24, 2.45) is 0 Å². The minimum atomic E-state index is -0.635. The summed E-state index contributed by atoms with van der Waals surface area (Å²) < 4.78 is 13.6. The van der Waals surface area contributed by atoms with Crippen LogP contribution in [0.3, 0.4) is 0 Å². The average molecular weight is 297 g/mol. The summed E-state index contributed by atoms with van der Waals surface area (Å²) >= 11 is 7.18. The number of benzene rings is 1. The number of anilines is 1. The van der Waals surface area contributed by atoms with Gasteiger partial charge < -0.3 is 0 Å². The Morgan fingerprint density at radius 1 is 1.47 bits per heavy atom. The number of amides is 1. The fourth-order valence-electron chi connectivity index (χ4n) is 1.78. The van der Waals surface area contributed by atoms with Crippen molar-refractivity contribution in [3.8, 4) is 0 Å². The molecule has 1 amide bonds. The molecule has 1 aliphatic rings. The predicted octanol–water partition coefficient (Wildman–Crippen LogP) is 4.07. The summed E-state index contributed by atoms with van der Waals surface area (Å²) in [5.74, 6) is -0.678. The lowest BCUT2D eigenvalue weighted by atomic mass is 10.2. The van der Waals surface area contributed by atoms with E-state index in [-0.39, 0.29) is 10.6 Å². The SMILES string of the molecule is O=C(Nc1nc(C2CC2)cs1)c1c(F)cccc1Cl. The summed E-state index contributed by atoms with van der Waals surface area (Å²) in [5.41, 5.74) is 0.854. The second-order valence-electron chi connectivity index (χ2n) is 4.40. The molecular formula is C13H10ClFN2OS. The number of hydrogen-bond acceptors (Lipinski definition) is 3. The van der Waals surface area contributed by atoms with Crippen LogP contribution in [0.15, 0.2) is 23.6 Å². The normalized spacial score (nSPS) is 14.4. The van der Waals surface area contributed by atoms with E-state index in [4.69, 9.17) is 11.6 Å². The Morgan fingerprint density at radius 2 is 2.26 bits per heavy atom. The quantitative estimate of drug-likeness (QED) is 0.928. The lowest BCUT2D eigenvalue weighted by molar-refractivity contribution is 0.102. The number of hydrogen-bond donors (Lipinski definition) is 1. The molecule has 98 valence electrons. The Balaban J connectivity index is 1.80. The minimum Gasteiger partial charge on any atom is -0.298 e. The van der Waals surface area contributed by atoms with E-state index in [9.17, 15) is 9.18 Å². The maximum absolute atomic E-state index is 13.6. The van der Waals surface area contributed by atoms with Gasteiger partial charge in [-0.1, -0.05) is 17.7 Å². The second kappa shape index (κ2) is 4.90. The Hall–Kier alpha value is -1.46. The van der Waals surface area contributed by atoms with Gasteiger partial charge in [-0.2, -0.15) is 0 Å². The number of rotatable bonds is 3. The lowest BCUT2D eigenvalue weighted by Gasteiger charge is -2.04. The number of nitrogens with one attached hydrogen (secondary N) is 1. The molecule has 1 N–H and O–H groups in total. The summed E-state index contributed by atoms with van der Waals surface area (Å²) in [4.78, 5) is 16.3. The van der Waals surface area contributed by atoms with Gasteiger partial charge in [0, 0.05) is 11.3 Å². The molecule has 1 fully saturated rings. The summed E-state index contributed by atoms with van der Waals surface area (Å²) in [6, 6.07) is 4.15. The van der Waals surface area contributed by atoms with Crippen LogP contribution in [0.5, 0.6) is 0 Å². The van der Waals surface area contributed by atoms with Crippen LogP contribution in [0.2, 0.25) is 5.02 Å². The highest BCUT2D eigenvalue weighted by Gasteiger charge is 2.26. The number of carbonyl (C=O) groups excluding carboxylic acids is 1. The summed E-state index contributed by atoms with van der Waals surface area (Å²) in [6.45, 7) is 0. The molecule has 0 radical (unpaired) electrons. The van der Waals surface area contributed by atoms with E-state index in [1.54, 1.807) is 0 Å². The van der Waals surface area contributed by atoms with E-state index in [0.717, 1.165) is 18.5 Å². The third kappa shape index (κ3) is 2.62. The van der Waals surface area contributed by atoms with E-state index >= 15 is 0 Å². The minimum absolute atomic E-state index is 0.0940. The van der Waals surface area contributed by atoms with Gasteiger partial charge in [-0.3, -0.25) is 10.1 Å². The summed E-state index contributed by atoms with van der Waals surface area (Å²) in [5, 5.41) is 5.09. The van der Waals surface area contributed by atoms with Crippen LogP contribution >= 0.6 is 22.9 Å². The molecule has 0 atom stereocenters. The van der Waals surface area contributed by atoms with Gasteiger partial charge in [0.1, 0.15) is 5.82 Å². The molecule has 19 heavy (non-hydrogen) atoms. The number of thiazole rings is 1. The maximum Gasteiger partial charge on any atom is 0.261 e. The molecular weight excluding hydrogens is 287 g/mol. The monoisotopic (exact) mass is 296 g/mol. The molecule has 1 aromatic carbocycles. The average Bonchev–Trinajstić information content (AvgIpc) is 3.10. The van der Waals surface area contributed by atoms with E-state index in [1.807, 2.05) is 5.38 Å². The van der Waals surface area contributed by atoms with Crippen molar-refractivity contribution in [1.82, 2.24) is 4.98 Å². The van der Waals surface area contributed by atoms with Crippen LogP contribution in [0.1, 0.15) is 34.8 Å². The van der Waals surface area contributed by atoms with Crippen molar-refractivity contribution < 1.29 is 9.18 Å². The van der Waals surface area contributed by atoms with E-state index < -0.39 is 11.7 Å². The lowest BCUT2D eigenvalue weighted by Crippen LogP contribution is -2.14. The molecule has 1 saturated carbocycles. The third-order valence-corrected chi connectivity index (χ3v) is 4.02. The molecule has 0 aliphatic heterocycles. The molecule has 2 aromatic rings. The Bertz CT molecular complexity index is 619. The summed E-state index contributed by atoms with van der Waals surface area (Å²) in [6.07, 6.45) is 2.30. The van der Waals surface area contributed by atoms with Gasteiger partial charge in [-0.15, -0.1) is 11.3 Å². The number of nitrogens with zero attached hydrogens (tertiary/aromatic N) is 1. The van der Waals surface area contributed by atoms with Gasteiger partial charge in [0.05, 0.1) is 16.3 Å². The molecule has 1 aromatic heterocycles. The zero-order valence-electron chi connectivity index (χ0n) is 9.82. The first-order chi connectivity index (χ1) is 9.15. The van der Waals surface area contributed by atoms with Crippen molar-refractivity contribution in [2.45, 2.75) is 18.8 Å². The Labute approximate surface area is 118 Å². The third-order valence-electron chi connectivity index (χ3n) is 2.93. The van der Waals surface area contributed by atoms with Gasteiger partial charge in [-0.05, 0) is 25.0 Å². The van der Waals surface area contributed by atoms with Gasteiger partial charge in [-0.25, -0.2) is 9.37 Å². The molecule has 1 aliphatic carbocycles. The zero-order chi connectivity index (χ0) is 13.4. The van der Waals surface area contributed by atoms with Gasteiger partial charge in [0.15, 0.2) is 5.13 Å². The van der Waals surface area contributed by atoms with Crippen LogP contribution in [0, 0.1) is 5.82 Å². The predicted molar refractivity (Wildman–Crippen MR) is 73.5 cm³/mol. The molecule has 6 heteroatoms. The molecule has 0 unspecified atom stereocenters. The fraction of sp³-hybridized carbons (Fsp3) is 0.231. The van der Waals surface area contributed by atoms with Crippen LogP contribution in [-0.4, -0.2) is 10.9 Å². The number of halogens is 2. The highest BCUT2D eigenvalue weighted by molar-refractivity contribution is 7.14. The van der Waals surface area contributed by atoms with Crippen molar-refractivity contribution >= 4 is 34.0 Å². The Kier molecular flexibility index (Phi) is 3.24. The standard InChI is InChI=1S/C13H10ClFN2OS/c14-8-2-1-3-9(15)11(8)12(18)17-13-16-10(6-19-13)7-4-5-7/h1-3,6-7H,4-5H2,(H,16,17,18). The Morgan fingerprint density at radius 3 is 2.95 bits per heavy atom. The van der Waals surface area contributed by atoms with E-state index in [1.165, 1.54) is 29.5 Å². The molecule has 0 spiro atoms. The first-order valence-electron chi connectivity index (χ1n) is 5.86. The van der Waals surface area contributed by atoms with Crippen molar-refractivity contribution in [3.63, 3.8) is 0 Å². The zero-order valence-corrected chi connectivity index (χ0v) is 11.4. The first kappa shape index (κ1) is 12.6. The molecule has 3 rings (SSSR count). The first-order valence-corrected chi connectivity index (χ1v) is 7.11. The molecule has 1 heterocycles. The van der Waals surface area contributed by atoms with Crippen LogP contribution in [-0.2, 0) is 0 Å². The molecule has 0 saturated heterocycles. The number of carbonyl (C=O) groups is 1. The smallest absolute Gasteiger partial charge is 0.261 e. The second-order valence-corrected chi connectivity index (χ2v) is 5.67. The van der Waals surface area contributed by atoms with E-state index in [0.29, 0.717) is 11.0 Å². The topological polar surface area (TPSA) is 42.0 Å². The van der Waals surface area contributed by atoms with Gasteiger partial charge >= 0.3 is 0 Å². The van der Waals surface area contributed by atoms with Gasteiger partial charge in [0.2, 0.25) is 0 Å². The largest absolute Gasteiger partial charge is 0.298 e. The summed E-state index contributed by atoms with van der Waals surface area (Å²) in [7, 11) is 0. The van der Waals surface area contributed by atoms with Crippen LogP contribution in [0.25, 0.3) is 0 Å².